The van der Waals surface area contributed by atoms with Gasteiger partial charge in [0.25, 0.3) is 5.91 Å². The minimum Gasteiger partial charge on any atom is -0.497 e. The maximum Gasteiger partial charge on any atom is 0.254 e. The van der Waals surface area contributed by atoms with Crippen molar-refractivity contribution in [2.24, 2.45) is 0 Å². The minimum atomic E-state index is -0.776. The Hall–Kier alpha value is -3.45. The molecule has 1 heterocycles. The molecule has 6 nitrogen and oxygen atoms in total. The summed E-state index contributed by atoms with van der Waals surface area (Å²) in [6.45, 7) is 0.343. The van der Waals surface area contributed by atoms with Gasteiger partial charge >= 0.3 is 0 Å². The molecule has 0 fully saturated rings. The molecule has 34 heavy (non-hydrogen) atoms. The van der Waals surface area contributed by atoms with Crippen molar-refractivity contribution in [2.75, 3.05) is 35.0 Å². The minimum absolute atomic E-state index is 0.223. The van der Waals surface area contributed by atoms with E-state index in [1.165, 1.54) is 27.4 Å². The number of hydrogen-bond donors (Lipinski definition) is 0. The molecule has 1 atom stereocenters. The van der Waals surface area contributed by atoms with Crippen LogP contribution < -0.4 is 18.9 Å². The van der Waals surface area contributed by atoms with Gasteiger partial charge in [-0.15, -0.1) is 0 Å². The first kappa shape index (κ1) is 23.7. The quantitative estimate of drug-likeness (QED) is 0.474. The molecule has 0 spiro atoms. The highest BCUT2D eigenvalue weighted by Gasteiger charge is 2.36. The fraction of sp³-hybridized carbons (Fsp3) is 0.269. The molecule has 1 aliphatic heterocycles. The van der Waals surface area contributed by atoms with E-state index in [2.05, 4.69) is 0 Å². The molecule has 3 aromatic rings. The predicted molar refractivity (Wildman–Crippen MR) is 127 cm³/mol. The summed E-state index contributed by atoms with van der Waals surface area (Å²) in [5, 5.41) is 0.230. The Labute approximate surface area is 202 Å². The first-order valence-corrected chi connectivity index (χ1v) is 11.0. The molecule has 8 heteroatoms. The van der Waals surface area contributed by atoms with Gasteiger partial charge in [-0.3, -0.25) is 4.79 Å². The van der Waals surface area contributed by atoms with E-state index in [1.807, 2.05) is 6.07 Å². The number of amides is 1. The van der Waals surface area contributed by atoms with Crippen molar-refractivity contribution in [3.8, 4) is 23.0 Å². The van der Waals surface area contributed by atoms with Gasteiger partial charge in [-0.25, -0.2) is 4.39 Å². The lowest BCUT2D eigenvalue weighted by Crippen LogP contribution is -2.41. The van der Waals surface area contributed by atoms with Gasteiger partial charge in [0.1, 0.15) is 17.3 Å². The summed E-state index contributed by atoms with van der Waals surface area (Å²) in [6, 6.07) is 12.3. The van der Waals surface area contributed by atoms with E-state index in [1.54, 1.807) is 48.4 Å². The Morgan fingerprint density at radius 1 is 0.941 bits per heavy atom. The number of ether oxygens (including phenoxy) is 4. The summed E-state index contributed by atoms with van der Waals surface area (Å²) in [7, 11) is 6.12. The van der Waals surface area contributed by atoms with Gasteiger partial charge in [-0.2, -0.15) is 0 Å². The number of hydrogen-bond acceptors (Lipinski definition) is 5. The van der Waals surface area contributed by atoms with Gasteiger partial charge in [-0.1, -0.05) is 17.7 Å². The number of carbonyl (C=O) groups excluding carboxylic acids is 1. The van der Waals surface area contributed by atoms with E-state index in [-0.39, 0.29) is 16.5 Å². The number of halogens is 2. The van der Waals surface area contributed by atoms with Crippen LogP contribution in [-0.2, 0) is 6.42 Å². The normalized spacial score (nSPS) is 14.9. The molecule has 0 bridgehead atoms. The lowest BCUT2D eigenvalue weighted by molar-refractivity contribution is 0.0691. The van der Waals surface area contributed by atoms with Crippen LogP contribution in [0.4, 0.5) is 4.39 Å². The predicted octanol–water partition coefficient (Wildman–Crippen LogP) is 5.30. The lowest BCUT2D eigenvalue weighted by atomic mass is 9.86. The van der Waals surface area contributed by atoms with Crippen molar-refractivity contribution >= 4 is 17.5 Å². The molecule has 1 amide bonds. The number of carbonyl (C=O) groups is 1. The van der Waals surface area contributed by atoms with Crippen LogP contribution in [0.2, 0.25) is 5.02 Å². The molecule has 3 aromatic carbocycles. The zero-order valence-corrected chi connectivity index (χ0v) is 20.1. The smallest absolute Gasteiger partial charge is 0.254 e. The van der Waals surface area contributed by atoms with Crippen LogP contribution >= 0.6 is 11.6 Å². The van der Waals surface area contributed by atoms with Crippen LogP contribution in [0, 0.1) is 5.82 Å². The number of benzene rings is 3. The summed E-state index contributed by atoms with van der Waals surface area (Å²) in [6.07, 6.45) is 0.547. The van der Waals surface area contributed by atoms with Crippen LogP contribution in [0.3, 0.4) is 0 Å². The largest absolute Gasteiger partial charge is 0.497 e. The molecule has 0 radical (unpaired) electrons. The number of methoxy groups -OCH3 is 4. The maximum atomic E-state index is 15.2. The monoisotopic (exact) mass is 485 g/mol. The van der Waals surface area contributed by atoms with Crippen molar-refractivity contribution < 1.29 is 28.1 Å². The van der Waals surface area contributed by atoms with Crippen molar-refractivity contribution in [2.45, 2.75) is 12.5 Å². The number of fused-ring (bicyclic) bond motifs is 1. The summed E-state index contributed by atoms with van der Waals surface area (Å²) in [5.74, 6) is 1.20. The summed E-state index contributed by atoms with van der Waals surface area (Å²) in [4.78, 5) is 15.4. The molecule has 0 saturated heterocycles. The van der Waals surface area contributed by atoms with Gasteiger partial charge in [0.15, 0.2) is 11.5 Å². The molecule has 0 aliphatic carbocycles. The fourth-order valence-electron chi connectivity index (χ4n) is 4.34. The van der Waals surface area contributed by atoms with Crippen molar-refractivity contribution in [3.05, 3.63) is 81.6 Å². The third-order valence-corrected chi connectivity index (χ3v) is 6.34. The molecule has 178 valence electrons. The average Bonchev–Trinajstić information content (AvgIpc) is 2.86. The van der Waals surface area contributed by atoms with Crippen LogP contribution in [0.5, 0.6) is 23.0 Å². The first-order chi connectivity index (χ1) is 16.4. The fourth-order valence-corrected chi connectivity index (χ4v) is 4.61. The van der Waals surface area contributed by atoms with Crippen LogP contribution in [-0.4, -0.2) is 45.8 Å². The van der Waals surface area contributed by atoms with Gasteiger partial charge in [0.05, 0.1) is 34.5 Å². The Bertz CT molecular complexity index is 1190. The summed E-state index contributed by atoms with van der Waals surface area (Å²) < 4.78 is 36.8. The van der Waals surface area contributed by atoms with Crippen molar-refractivity contribution in [1.82, 2.24) is 4.90 Å². The molecule has 1 unspecified atom stereocenters. The maximum absolute atomic E-state index is 15.2. The molecule has 0 aromatic heterocycles. The third-order valence-electron chi connectivity index (χ3n) is 6.01. The highest BCUT2D eigenvalue weighted by atomic mass is 35.5. The van der Waals surface area contributed by atoms with E-state index < -0.39 is 11.9 Å². The van der Waals surface area contributed by atoms with E-state index >= 15 is 4.39 Å². The van der Waals surface area contributed by atoms with Crippen LogP contribution in [0.15, 0.2) is 48.5 Å². The van der Waals surface area contributed by atoms with Gasteiger partial charge in [0.2, 0.25) is 0 Å². The standard InChI is InChI=1S/C26H25ClFNO5/c1-31-17-10-16(11-18(13-17)32-2)26(30)29-9-8-15-12-22(33-3)23(34-4)14-19(15)25(29)24-20(27)6-5-7-21(24)28/h5-7,10-14,25H,8-9H2,1-4H3. The second-order valence-electron chi connectivity index (χ2n) is 7.79. The molecule has 0 saturated carbocycles. The Balaban J connectivity index is 1.91. The van der Waals surface area contributed by atoms with Crippen LogP contribution in [0.1, 0.15) is 33.1 Å². The second kappa shape index (κ2) is 9.81. The first-order valence-electron chi connectivity index (χ1n) is 10.6. The summed E-state index contributed by atoms with van der Waals surface area (Å²) in [5.41, 5.74) is 2.23. The number of rotatable bonds is 6. The van der Waals surface area contributed by atoms with Crippen molar-refractivity contribution in [1.29, 1.82) is 0 Å². The Kier molecular flexibility index (Phi) is 6.84. The molecular formula is C26H25ClFNO5. The zero-order valence-electron chi connectivity index (χ0n) is 19.4. The zero-order chi connectivity index (χ0) is 24.4. The molecule has 4 rings (SSSR count). The van der Waals surface area contributed by atoms with Gasteiger partial charge < -0.3 is 23.8 Å². The molecule has 0 N–H and O–H groups in total. The molecule has 1 aliphatic rings. The molecular weight excluding hydrogens is 461 g/mol. The van der Waals surface area contributed by atoms with Gasteiger partial charge in [-0.05, 0) is 53.9 Å². The Morgan fingerprint density at radius 2 is 1.59 bits per heavy atom. The highest BCUT2D eigenvalue weighted by Crippen LogP contribution is 2.44. The highest BCUT2D eigenvalue weighted by molar-refractivity contribution is 6.31. The van der Waals surface area contributed by atoms with E-state index in [0.717, 1.165) is 11.1 Å². The van der Waals surface area contributed by atoms with E-state index in [4.69, 9.17) is 30.5 Å². The second-order valence-corrected chi connectivity index (χ2v) is 8.20. The topological polar surface area (TPSA) is 57.2 Å². The van der Waals surface area contributed by atoms with E-state index in [0.29, 0.717) is 41.5 Å². The van der Waals surface area contributed by atoms with Crippen molar-refractivity contribution in [3.63, 3.8) is 0 Å². The SMILES string of the molecule is COc1cc(OC)cc(C(=O)N2CCc3cc(OC)c(OC)cc3C2c2c(F)cccc2Cl)c1. The third kappa shape index (κ3) is 4.23. The Morgan fingerprint density at radius 3 is 2.18 bits per heavy atom. The number of nitrogens with zero attached hydrogens (tertiary/aromatic N) is 1. The van der Waals surface area contributed by atoms with Gasteiger partial charge in [0, 0.05) is 28.8 Å². The van der Waals surface area contributed by atoms with E-state index in [9.17, 15) is 4.79 Å². The average molecular weight is 486 g/mol. The lowest BCUT2D eigenvalue weighted by Gasteiger charge is -2.38. The summed E-state index contributed by atoms with van der Waals surface area (Å²) >= 11 is 6.50. The van der Waals surface area contributed by atoms with Crippen LogP contribution in [0.25, 0.3) is 0 Å².